The van der Waals surface area contributed by atoms with Crippen molar-refractivity contribution in [1.82, 2.24) is 4.90 Å². The summed E-state index contributed by atoms with van der Waals surface area (Å²) in [5.41, 5.74) is 1.46. The topological polar surface area (TPSA) is 40.5 Å². The van der Waals surface area contributed by atoms with Gasteiger partial charge in [-0.15, -0.1) is 0 Å². The van der Waals surface area contributed by atoms with E-state index in [2.05, 4.69) is 11.8 Å². The number of hydrogen-bond acceptors (Lipinski definition) is 2. The molecule has 0 heterocycles. The smallest absolute Gasteiger partial charge is 0.335 e. The molecule has 3 heteroatoms. The van der Waals surface area contributed by atoms with Crippen LogP contribution in [0.4, 0.5) is 0 Å². The largest absolute Gasteiger partial charge is 0.478 e. The summed E-state index contributed by atoms with van der Waals surface area (Å²) in [5.74, 6) is -0.881. The van der Waals surface area contributed by atoms with Crippen LogP contribution >= 0.6 is 0 Å². The van der Waals surface area contributed by atoms with Crippen LogP contribution in [0.5, 0.6) is 0 Å². The molecule has 14 heavy (non-hydrogen) atoms. The number of carboxylic acid groups (broad SMARTS) is 1. The summed E-state index contributed by atoms with van der Waals surface area (Å²) < 4.78 is 0. The summed E-state index contributed by atoms with van der Waals surface area (Å²) in [7, 11) is 3.99. The summed E-state index contributed by atoms with van der Waals surface area (Å²) in [4.78, 5) is 12.7. The lowest BCUT2D eigenvalue weighted by molar-refractivity contribution is 0.0697. The van der Waals surface area contributed by atoms with E-state index < -0.39 is 5.97 Å². The van der Waals surface area contributed by atoms with Crippen LogP contribution in [0, 0.1) is 0 Å². The Morgan fingerprint density at radius 2 is 1.79 bits per heavy atom. The molecule has 0 bridgehead atoms. The first kappa shape index (κ1) is 10.7. The zero-order valence-corrected chi connectivity index (χ0v) is 8.69. The van der Waals surface area contributed by atoms with Gasteiger partial charge in [0, 0.05) is 6.04 Å². The van der Waals surface area contributed by atoms with E-state index >= 15 is 0 Å². The first-order chi connectivity index (χ1) is 6.52. The van der Waals surface area contributed by atoms with E-state index in [0.717, 1.165) is 5.56 Å². The normalized spacial score (nSPS) is 12.9. The van der Waals surface area contributed by atoms with E-state index in [1.54, 1.807) is 12.1 Å². The van der Waals surface area contributed by atoms with Gasteiger partial charge in [0.1, 0.15) is 0 Å². The fraction of sp³-hybridized carbons (Fsp3) is 0.364. The molecule has 0 radical (unpaired) electrons. The third-order valence-corrected chi connectivity index (χ3v) is 2.41. The van der Waals surface area contributed by atoms with Crippen molar-refractivity contribution in [2.75, 3.05) is 14.1 Å². The average molecular weight is 193 g/mol. The second-order valence-corrected chi connectivity index (χ2v) is 3.57. The van der Waals surface area contributed by atoms with E-state index in [0.29, 0.717) is 11.6 Å². The number of hydrogen-bond donors (Lipinski definition) is 1. The Bertz CT molecular complexity index is 317. The molecule has 0 amide bonds. The van der Waals surface area contributed by atoms with Gasteiger partial charge in [0.15, 0.2) is 0 Å². The van der Waals surface area contributed by atoms with Gasteiger partial charge in [-0.2, -0.15) is 0 Å². The van der Waals surface area contributed by atoms with Crippen LogP contribution in [0.2, 0.25) is 0 Å². The van der Waals surface area contributed by atoms with Crippen molar-refractivity contribution < 1.29 is 9.90 Å². The van der Waals surface area contributed by atoms with Crippen LogP contribution in [0.25, 0.3) is 0 Å². The minimum absolute atomic E-state index is 0.304. The average Bonchev–Trinajstić information content (AvgIpc) is 2.16. The lowest BCUT2D eigenvalue weighted by atomic mass is 10.1. The van der Waals surface area contributed by atoms with Gasteiger partial charge in [0.2, 0.25) is 0 Å². The SMILES string of the molecule is CC(c1ccc(C(=O)O)cc1)N(C)C. The molecule has 0 saturated carbocycles. The number of benzene rings is 1. The van der Waals surface area contributed by atoms with Crippen molar-refractivity contribution in [2.45, 2.75) is 13.0 Å². The van der Waals surface area contributed by atoms with Crippen molar-refractivity contribution in [3.63, 3.8) is 0 Å². The molecule has 1 N–H and O–H groups in total. The third-order valence-electron chi connectivity index (χ3n) is 2.41. The molecule has 0 aliphatic carbocycles. The molecular weight excluding hydrogens is 178 g/mol. The molecule has 1 aromatic rings. The Hall–Kier alpha value is -1.35. The van der Waals surface area contributed by atoms with Crippen molar-refractivity contribution in [1.29, 1.82) is 0 Å². The highest BCUT2D eigenvalue weighted by molar-refractivity contribution is 5.87. The van der Waals surface area contributed by atoms with Crippen LogP contribution < -0.4 is 0 Å². The third kappa shape index (κ3) is 2.33. The quantitative estimate of drug-likeness (QED) is 0.798. The minimum atomic E-state index is -0.881. The highest BCUT2D eigenvalue weighted by atomic mass is 16.4. The maximum Gasteiger partial charge on any atom is 0.335 e. The first-order valence-electron chi connectivity index (χ1n) is 4.52. The van der Waals surface area contributed by atoms with Gasteiger partial charge in [-0.3, -0.25) is 0 Å². The van der Waals surface area contributed by atoms with Crippen LogP contribution in [0.1, 0.15) is 28.9 Å². The molecule has 0 fully saturated rings. The second-order valence-electron chi connectivity index (χ2n) is 3.57. The van der Waals surface area contributed by atoms with E-state index in [9.17, 15) is 4.79 Å². The standard InChI is InChI=1S/C11H15NO2/c1-8(12(2)3)9-4-6-10(7-5-9)11(13)14/h4-8H,1-3H3,(H,13,14). The van der Waals surface area contributed by atoms with E-state index in [1.807, 2.05) is 26.2 Å². The van der Waals surface area contributed by atoms with Crippen LogP contribution in [-0.2, 0) is 0 Å². The van der Waals surface area contributed by atoms with E-state index in [-0.39, 0.29) is 0 Å². The van der Waals surface area contributed by atoms with Gasteiger partial charge in [0.25, 0.3) is 0 Å². The number of aromatic carboxylic acids is 1. The Kier molecular flexibility index (Phi) is 3.25. The van der Waals surface area contributed by atoms with Crippen molar-refractivity contribution in [2.24, 2.45) is 0 Å². The van der Waals surface area contributed by atoms with E-state index in [4.69, 9.17) is 5.11 Å². The molecule has 0 spiro atoms. The summed E-state index contributed by atoms with van der Waals surface area (Å²) in [6, 6.07) is 7.29. The molecule has 1 rings (SSSR count). The molecular formula is C11H15NO2. The molecule has 3 nitrogen and oxygen atoms in total. The number of rotatable bonds is 3. The van der Waals surface area contributed by atoms with Gasteiger partial charge in [-0.1, -0.05) is 12.1 Å². The maximum atomic E-state index is 10.6. The highest BCUT2D eigenvalue weighted by Gasteiger charge is 2.08. The lowest BCUT2D eigenvalue weighted by Crippen LogP contribution is -2.16. The predicted molar refractivity (Wildman–Crippen MR) is 55.5 cm³/mol. The molecule has 0 saturated heterocycles. The fourth-order valence-corrected chi connectivity index (χ4v) is 1.20. The van der Waals surface area contributed by atoms with Gasteiger partial charge >= 0.3 is 5.97 Å². The number of nitrogens with zero attached hydrogens (tertiary/aromatic N) is 1. The van der Waals surface area contributed by atoms with Crippen LogP contribution in [0.15, 0.2) is 24.3 Å². The first-order valence-corrected chi connectivity index (χ1v) is 4.52. The number of carboxylic acids is 1. The van der Waals surface area contributed by atoms with Gasteiger partial charge in [0.05, 0.1) is 5.56 Å². The second kappa shape index (κ2) is 4.24. The van der Waals surface area contributed by atoms with Crippen molar-refractivity contribution >= 4 is 5.97 Å². The Labute approximate surface area is 84.0 Å². The lowest BCUT2D eigenvalue weighted by Gasteiger charge is -2.19. The molecule has 1 aromatic carbocycles. The Morgan fingerprint density at radius 1 is 1.29 bits per heavy atom. The zero-order chi connectivity index (χ0) is 10.7. The minimum Gasteiger partial charge on any atom is -0.478 e. The van der Waals surface area contributed by atoms with Gasteiger partial charge in [-0.05, 0) is 38.7 Å². The maximum absolute atomic E-state index is 10.6. The molecule has 0 aliphatic heterocycles. The Morgan fingerprint density at radius 3 is 2.14 bits per heavy atom. The molecule has 0 aromatic heterocycles. The summed E-state index contributed by atoms with van der Waals surface area (Å²) >= 11 is 0. The van der Waals surface area contributed by atoms with Gasteiger partial charge < -0.3 is 10.0 Å². The summed E-state index contributed by atoms with van der Waals surface area (Å²) in [6.45, 7) is 2.08. The van der Waals surface area contributed by atoms with Gasteiger partial charge in [-0.25, -0.2) is 4.79 Å². The molecule has 1 unspecified atom stereocenters. The predicted octanol–water partition coefficient (Wildman–Crippen LogP) is 2.01. The van der Waals surface area contributed by atoms with Crippen molar-refractivity contribution in [3.05, 3.63) is 35.4 Å². The van der Waals surface area contributed by atoms with Crippen molar-refractivity contribution in [3.8, 4) is 0 Å². The number of carbonyl (C=O) groups is 1. The fourth-order valence-electron chi connectivity index (χ4n) is 1.20. The Balaban J connectivity index is 2.88. The summed E-state index contributed by atoms with van der Waals surface area (Å²) in [5, 5.41) is 8.71. The van der Waals surface area contributed by atoms with E-state index in [1.165, 1.54) is 0 Å². The summed E-state index contributed by atoms with van der Waals surface area (Å²) in [6.07, 6.45) is 0. The molecule has 1 atom stereocenters. The van der Waals surface area contributed by atoms with Crippen LogP contribution in [-0.4, -0.2) is 30.1 Å². The molecule has 76 valence electrons. The zero-order valence-electron chi connectivity index (χ0n) is 8.69. The highest BCUT2D eigenvalue weighted by Crippen LogP contribution is 2.17. The monoisotopic (exact) mass is 193 g/mol. The van der Waals surface area contributed by atoms with Crippen LogP contribution in [0.3, 0.4) is 0 Å². The molecule has 0 aliphatic rings.